The van der Waals surface area contributed by atoms with Crippen LogP contribution in [0.1, 0.15) is 10.4 Å². The van der Waals surface area contributed by atoms with E-state index in [2.05, 4.69) is 0 Å². The Balaban J connectivity index is 3.09. The van der Waals surface area contributed by atoms with Gasteiger partial charge in [0.1, 0.15) is 0 Å². The molecular weight excluding hydrogens is 199 g/mol. The van der Waals surface area contributed by atoms with Gasteiger partial charge in [-0.15, -0.1) is 0 Å². The van der Waals surface area contributed by atoms with E-state index in [0.717, 1.165) is 0 Å². The highest BCUT2D eigenvalue weighted by Crippen LogP contribution is 2.20. The number of carbonyl (C=O) groups is 1. The Labute approximate surface area is 79.4 Å². The molecule has 0 aliphatic carbocycles. The number of hydrogen-bond donors (Lipinski definition) is 1. The zero-order valence-electron chi connectivity index (χ0n) is 5.90. The van der Waals surface area contributed by atoms with E-state index in [1.165, 1.54) is 18.2 Å². The summed E-state index contributed by atoms with van der Waals surface area (Å²) in [5, 5.41) is 0.703. The Morgan fingerprint density at radius 2 is 2.08 bits per heavy atom. The summed E-state index contributed by atoms with van der Waals surface area (Å²) in [6.45, 7) is 0. The third-order valence-corrected chi connectivity index (χ3v) is 1.84. The molecule has 1 aromatic carbocycles. The van der Waals surface area contributed by atoms with Gasteiger partial charge in [-0.05, 0) is 18.2 Å². The molecule has 1 aromatic rings. The summed E-state index contributed by atoms with van der Waals surface area (Å²) in [7, 11) is 0. The molecule has 1 radical (unpaired) electrons. The lowest BCUT2D eigenvalue weighted by Gasteiger charge is -2.01. The van der Waals surface area contributed by atoms with Gasteiger partial charge in [0.15, 0.2) is 0 Å². The molecule has 0 aliphatic rings. The second-order valence-corrected chi connectivity index (χ2v) is 2.92. The molecule has 3 nitrogen and oxygen atoms in total. The molecule has 0 heterocycles. The fourth-order valence-corrected chi connectivity index (χ4v) is 1.24. The van der Waals surface area contributed by atoms with Crippen LogP contribution in [0, 0.1) is 0 Å². The molecule has 0 unspecified atom stereocenters. The van der Waals surface area contributed by atoms with E-state index in [4.69, 9.17) is 29.0 Å². The zero-order chi connectivity index (χ0) is 9.14. The van der Waals surface area contributed by atoms with Gasteiger partial charge >= 0.3 is 0 Å². The van der Waals surface area contributed by atoms with Crippen LogP contribution in [0.15, 0.2) is 18.2 Å². The topological polar surface area (TPSA) is 52.9 Å². The summed E-state index contributed by atoms with van der Waals surface area (Å²) in [6.07, 6.45) is 0. The van der Waals surface area contributed by atoms with Crippen molar-refractivity contribution in [3.8, 4) is 0 Å². The van der Waals surface area contributed by atoms with Crippen molar-refractivity contribution in [1.82, 2.24) is 11.3 Å². The quantitative estimate of drug-likeness (QED) is 0.698. The van der Waals surface area contributed by atoms with Gasteiger partial charge in [0.25, 0.3) is 5.91 Å². The highest BCUT2D eigenvalue weighted by molar-refractivity contribution is 6.36. The number of halogens is 2. The largest absolute Gasteiger partial charge is 0.272 e. The lowest BCUT2D eigenvalue weighted by atomic mass is 10.2. The molecule has 0 saturated carbocycles. The number of amides is 1. The Morgan fingerprint density at radius 3 is 2.58 bits per heavy atom. The van der Waals surface area contributed by atoms with Gasteiger partial charge in [0.05, 0.1) is 10.6 Å². The van der Waals surface area contributed by atoms with Crippen molar-refractivity contribution in [3.05, 3.63) is 33.8 Å². The SMILES string of the molecule is [NH]NC(=O)c1ccc(Cl)cc1Cl. The Kier molecular flexibility index (Phi) is 2.92. The van der Waals surface area contributed by atoms with Crippen LogP contribution >= 0.6 is 23.2 Å². The van der Waals surface area contributed by atoms with Crippen LogP contribution in [0.3, 0.4) is 0 Å². The van der Waals surface area contributed by atoms with Crippen LogP contribution in [-0.4, -0.2) is 5.91 Å². The van der Waals surface area contributed by atoms with E-state index >= 15 is 0 Å². The van der Waals surface area contributed by atoms with E-state index in [9.17, 15) is 4.79 Å². The molecule has 0 spiro atoms. The second-order valence-electron chi connectivity index (χ2n) is 2.08. The number of nitrogens with one attached hydrogen (secondary N) is 2. The average Bonchev–Trinajstić information content (AvgIpc) is 2.03. The van der Waals surface area contributed by atoms with Crippen LogP contribution < -0.4 is 11.3 Å². The van der Waals surface area contributed by atoms with Gasteiger partial charge in [-0.1, -0.05) is 23.2 Å². The van der Waals surface area contributed by atoms with E-state index in [1.54, 1.807) is 5.43 Å². The van der Waals surface area contributed by atoms with Crippen LogP contribution in [0.2, 0.25) is 10.0 Å². The molecule has 0 atom stereocenters. The summed E-state index contributed by atoms with van der Waals surface area (Å²) in [4.78, 5) is 10.9. The normalized spacial score (nSPS) is 9.58. The van der Waals surface area contributed by atoms with E-state index in [-0.39, 0.29) is 10.6 Å². The molecule has 0 aromatic heterocycles. The molecule has 63 valence electrons. The summed E-state index contributed by atoms with van der Waals surface area (Å²) >= 11 is 11.3. The Hall–Kier alpha value is -0.770. The number of carbonyl (C=O) groups excluding carboxylic acids is 1. The van der Waals surface area contributed by atoms with Crippen molar-refractivity contribution < 1.29 is 4.79 Å². The standard InChI is InChI=1S/C7H5Cl2N2O/c8-4-1-2-5(6(9)3-4)7(12)11-10/h1-3,10H,(H,11,12). The highest BCUT2D eigenvalue weighted by Gasteiger charge is 2.08. The maximum Gasteiger partial charge on any atom is 0.268 e. The number of rotatable bonds is 1. The van der Waals surface area contributed by atoms with Gasteiger partial charge in [0, 0.05) is 5.02 Å². The van der Waals surface area contributed by atoms with E-state index < -0.39 is 5.91 Å². The minimum absolute atomic E-state index is 0.243. The van der Waals surface area contributed by atoms with Crippen molar-refractivity contribution in [2.45, 2.75) is 0 Å². The fourth-order valence-electron chi connectivity index (χ4n) is 0.741. The molecule has 0 fully saturated rings. The van der Waals surface area contributed by atoms with E-state index in [0.29, 0.717) is 5.02 Å². The Morgan fingerprint density at radius 1 is 1.42 bits per heavy atom. The third kappa shape index (κ3) is 1.88. The molecule has 2 N–H and O–H groups in total. The minimum atomic E-state index is -0.545. The summed E-state index contributed by atoms with van der Waals surface area (Å²) in [5.74, 6) is 6.06. The maximum absolute atomic E-state index is 10.9. The fraction of sp³-hybridized carbons (Fsp3) is 0. The number of hydrogen-bond acceptors (Lipinski definition) is 1. The van der Waals surface area contributed by atoms with Gasteiger partial charge in [-0.2, -0.15) is 5.84 Å². The maximum atomic E-state index is 10.9. The Bertz CT molecular complexity index is 314. The van der Waals surface area contributed by atoms with Crippen molar-refractivity contribution in [1.29, 1.82) is 0 Å². The predicted octanol–water partition coefficient (Wildman–Crippen LogP) is 1.92. The van der Waals surface area contributed by atoms with Crippen LogP contribution in [0.25, 0.3) is 0 Å². The second kappa shape index (κ2) is 3.76. The smallest absolute Gasteiger partial charge is 0.268 e. The van der Waals surface area contributed by atoms with Gasteiger partial charge in [-0.3, -0.25) is 10.2 Å². The molecule has 12 heavy (non-hydrogen) atoms. The van der Waals surface area contributed by atoms with Gasteiger partial charge in [-0.25, -0.2) is 0 Å². The molecule has 5 heteroatoms. The van der Waals surface area contributed by atoms with Crippen LogP contribution in [0.4, 0.5) is 0 Å². The highest BCUT2D eigenvalue weighted by atomic mass is 35.5. The minimum Gasteiger partial charge on any atom is -0.272 e. The van der Waals surface area contributed by atoms with Crippen molar-refractivity contribution in [3.63, 3.8) is 0 Å². The lowest BCUT2D eigenvalue weighted by Crippen LogP contribution is -2.20. The van der Waals surface area contributed by atoms with Gasteiger partial charge < -0.3 is 0 Å². The van der Waals surface area contributed by atoms with Crippen molar-refractivity contribution in [2.24, 2.45) is 0 Å². The zero-order valence-corrected chi connectivity index (χ0v) is 7.41. The first-order valence-electron chi connectivity index (χ1n) is 3.07. The third-order valence-electron chi connectivity index (χ3n) is 1.29. The lowest BCUT2D eigenvalue weighted by molar-refractivity contribution is 0.0950. The summed E-state index contributed by atoms with van der Waals surface area (Å²) < 4.78 is 0. The monoisotopic (exact) mass is 203 g/mol. The van der Waals surface area contributed by atoms with Crippen LogP contribution in [-0.2, 0) is 0 Å². The van der Waals surface area contributed by atoms with Crippen molar-refractivity contribution in [2.75, 3.05) is 0 Å². The summed E-state index contributed by atoms with van der Waals surface area (Å²) in [6, 6.07) is 4.46. The molecular formula is C7H5Cl2N2O. The first-order valence-corrected chi connectivity index (χ1v) is 3.83. The first kappa shape index (κ1) is 9.32. The van der Waals surface area contributed by atoms with Gasteiger partial charge in [0.2, 0.25) is 0 Å². The van der Waals surface area contributed by atoms with E-state index in [1.807, 2.05) is 0 Å². The molecule has 0 bridgehead atoms. The molecule has 0 aliphatic heterocycles. The summed E-state index contributed by atoms with van der Waals surface area (Å²) in [5.41, 5.74) is 1.97. The van der Waals surface area contributed by atoms with Crippen molar-refractivity contribution >= 4 is 29.1 Å². The molecule has 1 rings (SSSR count). The first-order chi connectivity index (χ1) is 5.65. The number of benzene rings is 1. The van der Waals surface area contributed by atoms with Crippen LogP contribution in [0.5, 0.6) is 0 Å². The average molecular weight is 204 g/mol. The molecule has 0 saturated heterocycles. The molecule has 1 amide bonds. The predicted molar refractivity (Wildman–Crippen MR) is 47.0 cm³/mol.